The molecule has 2 rings (SSSR count). The number of aromatic hydroxyl groups is 1. The second-order valence-corrected chi connectivity index (χ2v) is 3.49. The van der Waals surface area contributed by atoms with Crippen molar-refractivity contribution in [3.63, 3.8) is 0 Å². The first-order valence-electron chi connectivity index (χ1n) is 5.09. The Morgan fingerprint density at radius 1 is 1.12 bits per heavy atom. The summed E-state index contributed by atoms with van der Waals surface area (Å²) in [5, 5.41) is 12.5. The summed E-state index contributed by atoms with van der Waals surface area (Å²) in [5.74, 6) is 0.234. The Hall–Kier alpha value is -2.23. The summed E-state index contributed by atoms with van der Waals surface area (Å²) < 4.78 is 18.2. The van der Waals surface area contributed by atoms with Gasteiger partial charge >= 0.3 is 0 Å². The minimum atomic E-state index is -0.372. The molecule has 0 heterocycles. The molecule has 0 aliphatic heterocycles. The zero-order valence-electron chi connectivity index (χ0n) is 9.27. The summed E-state index contributed by atoms with van der Waals surface area (Å²) in [7, 11) is 1.50. The molecule has 0 saturated heterocycles. The van der Waals surface area contributed by atoms with Crippen LogP contribution in [0.3, 0.4) is 0 Å². The Morgan fingerprint density at radius 2 is 1.88 bits per heavy atom. The summed E-state index contributed by atoms with van der Waals surface area (Å²) in [6.07, 6.45) is 0. The molecule has 0 amide bonds. The maximum atomic E-state index is 13.1. The SMILES string of the molecule is COc1ccc(F)cc1Nc1ccccc1O. The van der Waals surface area contributed by atoms with Crippen LogP contribution in [-0.4, -0.2) is 12.2 Å². The topological polar surface area (TPSA) is 41.5 Å². The fourth-order valence-corrected chi connectivity index (χ4v) is 1.50. The minimum absolute atomic E-state index is 0.0961. The van der Waals surface area contributed by atoms with Crippen LogP contribution in [0.4, 0.5) is 15.8 Å². The Labute approximate surface area is 98.5 Å². The van der Waals surface area contributed by atoms with Gasteiger partial charge in [-0.15, -0.1) is 0 Å². The molecule has 0 aromatic heterocycles. The average Bonchev–Trinajstić information content (AvgIpc) is 2.32. The number of benzene rings is 2. The first-order valence-corrected chi connectivity index (χ1v) is 5.09. The third-order valence-electron chi connectivity index (χ3n) is 2.33. The van der Waals surface area contributed by atoms with Crippen LogP contribution in [0.1, 0.15) is 0 Å². The van der Waals surface area contributed by atoms with Gasteiger partial charge in [0.1, 0.15) is 17.3 Å². The second kappa shape index (κ2) is 4.74. The Balaban J connectivity index is 2.35. The molecule has 0 aliphatic rings. The molecule has 0 spiro atoms. The lowest BCUT2D eigenvalue weighted by Crippen LogP contribution is -1.95. The Morgan fingerprint density at radius 3 is 2.59 bits per heavy atom. The van der Waals surface area contributed by atoms with Gasteiger partial charge in [0.2, 0.25) is 0 Å². The summed E-state index contributed by atoms with van der Waals surface area (Å²) in [6.45, 7) is 0. The van der Waals surface area contributed by atoms with E-state index in [1.165, 1.54) is 25.3 Å². The van der Waals surface area contributed by atoms with Crippen LogP contribution in [0.15, 0.2) is 42.5 Å². The van der Waals surface area contributed by atoms with Crippen LogP contribution in [0.2, 0.25) is 0 Å². The lowest BCUT2D eigenvalue weighted by atomic mass is 10.2. The fraction of sp³-hybridized carbons (Fsp3) is 0.0769. The van der Waals surface area contributed by atoms with E-state index in [0.29, 0.717) is 17.1 Å². The lowest BCUT2D eigenvalue weighted by Gasteiger charge is -2.12. The molecule has 0 atom stereocenters. The highest BCUT2D eigenvalue weighted by atomic mass is 19.1. The van der Waals surface area contributed by atoms with Crippen LogP contribution in [0, 0.1) is 5.82 Å². The number of ether oxygens (including phenoxy) is 1. The molecule has 0 bridgehead atoms. The van der Waals surface area contributed by atoms with E-state index in [2.05, 4.69) is 5.32 Å². The van der Waals surface area contributed by atoms with E-state index in [1.807, 2.05) is 0 Å². The maximum Gasteiger partial charge on any atom is 0.142 e. The van der Waals surface area contributed by atoms with Gasteiger partial charge in [0.25, 0.3) is 0 Å². The largest absolute Gasteiger partial charge is 0.506 e. The summed E-state index contributed by atoms with van der Waals surface area (Å²) in [6, 6.07) is 10.9. The molecule has 3 nitrogen and oxygen atoms in total. The molecule has 88 valence electrons. The first-order chi connectivity index (χ1) is 8.20. The monoisotopic (exact) mass is 233 g/mol. The number of methoxy groups -OCH3 is 1. The molecule has 0 fully saturated rings. The van der Waals surface area contributed by atoms with Crippen molar-refractivity contribution in [3.05, 3.63) is 48.3 Å². The molecule has 2 aromatic carbocycles. The normalized spacial score (nSPS) is 10.0. The highest BCUT2D eigenvalue weighted by Gasteiger charge is 2.06. The number of phenolic OH excluding ortho intramolecular Hbond substituents is 1. The molecule has 2 aromatic rings. The van der Waals surface area contributed by atoms with Crippen LogP contribution in [0.5, 0.6) is 11.5 Å². The van der Waals surface area contributed by atoms with Crippen molar-refractivity contribution in [1.29, 1.82) is 0 Å². The van der Waals surface area contributed by atoms with E-state index in [1.54, 1.807) is 24.3 Å². The summed E-state index contributed by atoms with van der Waals surface area (Å²) in [4.78, 5) is 0. The van der Waals surface area contributed by atoms with Crippen LogP contribution < -0.4 is 10.1 Å². The van der Waals surface area contributed by atoms with Crippen molar-refractivity contribution in [2.75, 3.05) is 12.4 Å². The quantitative estimate of drug-likeness (QED) is 0.799. The van der Waals surface area contributed by atoms with Gasteiger partial charge in [-0.05, 0) is 24.3 Å². The number of phenols is 1. The van der Waals surface area contributed by atoms with Gasteiger partial charge in [0, 0.05) is 6.07 Å². The van der Waals surface area contributed by atoms with Crippen LogP contribution >= 0.6 is 0 Å². The van der Waals surface area contributed by atoms with Gasteiger partial charge in [-0.25, -0.2) is 4.39 Å². The fourth-order valence-electron chi connectivity index (χ4n) is 1.50. The Bertz CT molecular complexity index is 529. The van der Waals surface area contributed by atoms with Crippen molar-refractivity contribution < 1.29 is 14.2 Å². The van der Waals surface area contributed by atoms with Gasteiger partial charge in [0.15, 0.2) is 0 Å². The van der Waals surface area contributed by atoms with Crippen molar-refractivity contribution in [2.24, 2.45) is 0 Å². The molecular weight excluding hydrogens is 221 g/mol. The summed E-state index contributed by atoms with van der Waals surface area (Å²) in [5.41, 5.74) is 0.963. The lowest BCUT2D eigenvalue weighted by molar-refractivity contribution is 0.415. The zero-order chi connectivity index (χ0) is 12.3. The predicted molar refractivity (Wildman–Crippen MR) is 64.3 cm³/mol. The zero-order valence-corrected chi connectivity index (χ0v) is 9.27. The average molecular weight is 233 g/mol. The molecule has 2 N–H and O–H groups in total. The van der Waals surface area contributed by atoms with E-state index in [-0.39, 0.29) is 11.6 Å². The van der Waals surface area contributed by atoms with Gasteiger partial charge in [0.05, 0.1) is 18.5 Å². The van der Waals surface area contributed by atoms with E-state index >= 15 is 0 Å². The van der Waals surface area contributed by atoms with Gasteiger partial charge in [-0.2, -0.15) is 0 Å². The van der Waals surface area contributed by atoms with E-state index < -0.39 is 0 Å². The third kappa shape index (κ3) is 2.47. The van der Waals surface area contributed by atoms with Gasteiger partial charge in [-0.1, -0.05) is 12.1 Å². The van der Waals surface area contributed by atoms with Crippen LogP contribution in [-0.2, 0) is 0 Å². The molecule has 0 aliphatic carbocycles. The van der Waals surface area contributed by atoms with Crippen LogP contribution in [0.25, 0.3) is 0 Å². The molecule has 0 radical (unpaired) electrons. The number of para-hydroxylation sites is 2. The maximum absolute atomic E-state index is 13.1. The van der Waals surface area contributed by atoms with Crippen molar-refractivity contribution in [1.82, 2.24) is 0 Å². The highest BCUT2D eigenvalue weighted by Crippen LogP contribution is 2.31. The predicted octanol–water partition coefficient (Wildman–Crippen LogP) is 3.28. The molecule has 0 saturated carbocycles. The first kappa shape index (κ1) is 11.3. The Kier molecular flexibility index (Phi) is 3.14. The number of anilines is 2. The molecule has 0 unspecified atom stereocenters. The molecule has 17 heavy (non-hydrogen) atoms. The number of halogens is 1. The van der Waals surface area contributed by atoms with Crippen molar-refractivity contribution >= 4 is 11.4 Å². The number of hydrogen-bond donors (Lipinski definition) is 2. The molecular formula is C13H12FNO2. The smallest absolute Gasteiger partial charge is 0.142 e. The van der Waals surface area contributed by atoms with Crippen molar-refractivity contribution in [3.8, 4) is 11.5 Å². The number of rotatable bonds is 3. The van der Waals surface area contributed by atoms with E-state index in [4.69, 9.17) is 4.74 Å². The highest BCUT2D eigenvalue weighted by molar-refractivity contribution is 5.70. The summed E-state index contributed by atoms with van der Waals surface area (Å²) >= 11 is 0. The second-order valence-electron chi connectivity index (χ2n) is 3.49. The number of hydrogen-bond acceptors (Lipinski definition) is 3. The molecule has 4 heteroatoms. The van der Waals surface area contributed by atoms with Gasteiger partial charge < -0.3 is 15.2 Å². The van der Waals surface area contributed by atoms with Crippen molar-refractivity contribution in [2.45, 2.75) is 0 Å². The van der Waals surface area contributed by atoms with E-state index in [0.717, 1.165) is 0 Å². The third-order valence-corrected chi connectivity index (χ3v) is 2.33. The van der Waals surface area contributed by atoms with Gasteiger partial charge in [-0.3, -0.25) is 0 Å². The minimum Gasteiger partial charge on any atom is -0.506 e. The van der Waals surface area contributed by atoms with E-state index in [9.17, 15) is 9.50 Å². The standard InChI is InChI=1S/C13H12FNO2/c1-17-13-7-6-9(14)8-11(13)15-10-4-2-3-5-12(10)16/h2-8,15-16H,1H3. The number of nitrogens with one attached hydrogen (secondary N) is 1.